The van der Waals surface area contributed by atoms with Gasteiger partial charge in [-0.3, -0.25) is 4.79 Å². The second-order valence-corrected chi connectivity index (χ2v) is 11.1. The Kier molecular flexibility index (Phi) is 7.35. The minimum absolute atomic E-state index is 0.0336. The van der Waals surface area contributed by atoms with Crippen molar-refractivity contribution in [2.45, 2.75) is 52.6 Å². The van der Waals surface area contributed by atoms with Gasteiger partial charge in [0.25, 0.3) is 5.91 Å². The summed E-state index contributed by atoms with van der Waals surface area (Å²) in [4.78, 5) is 31.7. The summed E-state index contributed by atoms with van der Waals surface area (Å²) in [5.41, 5.74) is 7.64. The van der Waals surface area contributed by atoms with Crippen LogP contribution in [-0.2, 0) is 13.0 Å². The lowest BCUT2D eigenvalue weighted by atomic mass is 10.0. The van der Waals surface area contributed by atoms with Crippen LogP contribution in [0.2, 0.25) is 0 Å². The van der Waals surface area contributed by atoms with Gasteiger partial charge in [0.1, 0.15) is 12.1 Å². The van der Waals surface area contributed by atoms with Crippen LogP contribution in [0.1, 0.15) is 56.7 Å². The van der Waals surface area contributed by atoms with E-state index in [0.29, 0.717) is 42.4 Å². The normalized spacial score (nSPS) is 16.3. The van der Waals surface area contributed by atoms with Gasteiger partial charge in [-0.15, -0.1) is 0 Å². The van der Waals surface area contributed by atoms with E-state index in [1.807, 2.05) is 10.8 Å². The minimum Gasteiger partial charge on any atom is -0.394 e. The Morgan fingerprint density at radius 1 is 1.12 bits per heavy atom. The lowest BCUT2D eigenvalue weighted by Gasteiger charge is -2.33. The summed E-state index contributed by atoms with van der Waals surface area (Å²) < 4.78 is 1.98. The number of carbonyl (C=O) groups excluding carboxylic acids is 1. The number of fused-ring (bicyclic) bond motifs is 1. The van der Waals surface area contributed by atoms with Crippen LogP contribution >= 0.6 is 0 Å². The van der Waals surface area contributed by atoms with E-state index >= 15 is 0 Å². The Morgan fingerprint density at radius 3 is 2.60 bits per heavy atom. The first-order valence-corrected chi connectivity index (χ1v) is 14.3. The maximum atomic E-state index is 13.4. The maximum absolute atomic E-state index is 13.4. The van der Waals surface area contributed by atoms with Crippen molar-refractivity contribution in [2.75, 3.05) is 29.9 Å². The van der Waals surface area contributed by atoms with E-state index in [4.69, 9.17) is 15.2 Å². The van der Waals surface area contributed by atoms with Gasteiger partial charge in [-0.2, -0.15) is 10.2 Å². The second-order valence-electron chi connectivity index (χ2n) is 11.1. The highest BCUT2D eigenvalue weighted by Crippen LogP contribution is 2.33. The van der Waals surface area contributed by atoms with Crippen LogP contribution < -0.4 is 10.2 Å². The molecular weight excluding hydrogens is 528 g/mol. The molecule has 0 bridgehead atoms. The van der Waals surface area contributed by atoms with Gasteiger partial charge in [0, 0.05) is 36.3 Å². The average molecular weight is 563 g/mol. The fourth-order valence-electron chi connectivity index (χ4n) is 5.84. The van der Waals surface area contributed by atoms with Crippen molar-refractivity contribution in [1.82, 2.24) is 24.4 Å². The van der Waals surface area contributed by atoms with Gasteiger partial charge >= 0.3 is 0 Å². The summed E-state index contributed by atoms with van der Waals surface area (Å²) in [6, 6.07) is 13.1. The number of hydrogen-bond acceptors (Lipinski definition) is 8. The first-order chi connectivity index (χ1) is 20.3. The van der Waals surface area contributed by atoms with Crippen LogP contribution in [-0.4, -0.2) is 61.2 Å². The standard InChI is InChI=1S/C32H34N8O2/c1-20-13-26(14-21(2)22(20)3)39-17-29(34-19-39)36-32-35-28-10-12-38(31(42)24-8-6-23(15-33)7-9-24)16-27(28)30(37-32)40-11-4-5-25(40)18-41/h6-9,13-14,17,19,25,41H,4-5,10-12,16,18H2,1-3H3,(H,35,36,37)/t25-/m0/s1. The molecule has 2 aliphatic heterocycles. The van der Waals surface area contributed by atoms with Crippen molar-refractivity contribution in [3.63, 3.8) is 0 Å². The Labute approximate surface area is 245 Å². The number of nitrogens with zero attached hydrogens (tertiary/aromatic N) is 7. The van der Waals surface area contributed by atoms with Crippen molar-refractivity contribution in [2.24, 2.45) is 0 Å². The quantitative estimate of drug-likeness (QED) is 0.355. The number of aliphatic hydroxyl groups excluding tert-OH is 1. The zero-order chi connectivity index (χ0) is 29.4. The fourth-order valence-corrected chi connectivity index (χ4v) is 5.84. The predicted octanol–water partition coefficient (Wildman–Crippen LogP) is 4.36. The fraction of sp³-hybridized carbons (Fsp3) is 0.344. The number of rotatable bonds is 6. The van der Waals surface area contributed by atoms with E-state index in [9.17, 15) is 9.90 Å². The number of hydrogen-bond donors (Lipinski definition) is 2. The highest BCUT2D eigenvalue weighted by molar-refractivity contribution is 5.94. The minimum atomic E-state index is -0.0921. The molecule has 1 saturated heterocycles. The van der Waals surface area contributed by atoms with Crippen LogP contribution in [0.25, 0.3) is 5.69 Å². The lowest BCUT2D eigenvalue weighted by molar-refractivity contribution is 0.0733. The number of aliphatic hydroxyl groups is 1. The Balaban J connectivity index is 1.30. The molecule has 2 aromatic heterocycles. The molecule has 4 heterocycles. The molecule has 214 valence electrons. The molecule has 4 aromatic rings. The Hall–Kier alpha value is -4.75. The number of carbonyl (C=O) groups is 1. The molecular formula is C32H34N8O2. The van der Waals surface area contributed by atoms with Crippen LogP contribution in [0.4, 0.5) is 17.6 Å². The van der Waals surface area contributed by atoms with Crippen molar-refractivity contribution in [3.8, 4) is 11.8 Å². The highest BCUT2D eigenvalue weighted by atomic mass is 16.3. The third-order valence-electron chi connectivity index (χ3n) is 8.48. The third kappa shape index (κ3) is 5.19. The molecule has 2 aliphatic rings. The molecule has 42 heavy (non-hydrogen) atoms. The van der Waals surface area contributed by atoms with Gasteiger partial charge in [-0.1, -0.05) is 0 Å². The van der Waals surface area contributed by atoms with Crippen molar-refractivity contribution >= 4 is 23.5 Å². The summed E-state index contributed by atoms with van der Waals surface area (Å²) in [6.45, 7) is 8.06. The molecule has 0 radical (unpaired) electrons. The smallest absolute Gasteiger partial charge is 0.254 e. The zero-order valence-corrected chi connectivity index (χ0v) is 24.1. The van der Waals surface area contributed by atoms with E-state index in [1.165, 1.54) is 16.7 Å². The second kappa shape index (κ2) is 11.3. The van der Waals surface area contributed by atoms with Gasteiger partial charge < -0.3 is 24.8 Å². The molecule has 2 aromatic carbocycles. The van der Waals surface area contributed by atoms with Gasteiger partial charge in [-0.05, 0) is 86.7 Å². The summed E-state index contributed by atoms with van der Waals surface area (Å²) in [5.74, 6) is 1.73. The largest absolute Gasteiger partial charge is 0.394 e. The van der Waals surface area contributed by atoms with Gasteiger partial charge in [-0.25, -0.2) is 9.97 Å². The number of aromatic nitrogens is 4. The monoisotopic (exact) mass is 562 g/mol. The first kappa shape index (κ1) is 27.4. The predicted molar refractivity (Wildman–Crippen MR) is 160 cm³/mol. The topological polar surface area (TPSA) is 123 Å². The van der Waals surface area contributed by atoms with E-state index in [1.54, 1.807) is 35.5 Å². The van der Waals surface area contributed by atoms with Crippen molar-refractivity contribution < 1.29 is 9.90 Å². The Bertz CT molecular complexity index is 1660. The van der Waals surface area contributed by atoms with Crippen LogP contribution in [0.3, 0.4) is 0 Å². The summed E-state index contributed by atoms with van der Waals surface area (Å²) in [6.07, 6.45) is 6.12. The first-order valence-electron chi connectivity index (χ1n) is 14.3. The molecule has 1 amide bonds. The number of nitrogens with one attached hydrogen (secondary N) is 1. The summed E-state index contributed by atoms with van der Waals surface area (Å²) >= 11 is 0. The molecule has 10 heteroatoms. The van der Waals surface area contributed by atoms with E-state index in [0.717, 1.165) is 42.1 Å². The third-order valence-corrected chi connectivity index (χ3v) is 8.48. The number of imidazole rings is 1. The lowest BCUT2D eigenvalue weighted by Crippen LogP contribution is -2.39. The highest BCUT2D eigenvalue weighted by Gasteiger charge is 2.32. The van der Waals surface area contributed by atoms with E-state index in [2.05, 4.69) is 54.2 Å². The zero-order valence-electron chi connectivity index (χ0n) is 24.1. The molecule has 1 atom stereocenters. The van der Waals surface area contributed by atoms with E-state index in [-0.39, 0.29) is 18.6 Å². The van der Waals surface area contributed by atoms with Gasteiger partial charge in [0.05, 0.1) is 42.7 Å². The Morgan fingerprint density at radius 2 is 1.88 bits per heavy atom. The van der Waals surface area contributed by atoms with Crippen molar-refractivity contribution in [1.29, 1.82) is 5.26 Å². The van der Waals surface area contributed by atoms with Crippen LogP contribution in [0.5, 0.6) is 0 Å². The number of amides is 1. The molecule has 0 aliphatic carbocycles. The average Bonchev–Trinajstić information content (AvgIpc) is 3.68. The number of nitriles is 1. The summed E-state index contributed by atoms with van der Waals surface area (Å²) in [5, 5.41) is 22.5. The van der Waals surface area contributed by atoms with E-state index < -0.39 is 0 Å². The van der Waals surface area contributed by atoms with Crippen LogP contribution in [0.15, 0.2) is 48.9 Å². The van der Waals surface area contributed by atoms with Gasteiger partial charge in [0.2, 0.25) is 5.95 Å². The number of benzene rings is 2. The molecule has 6 rings (SSSR count). The SMILES string of the molecule is Cc1cc(-n2cnc(Nc3nc4c(c(N5CCC[C@H]5CO)n3)CN(C(=O)c3ccc(C#N)cc3)CC4)c2)cc(C)c1C. The number of anilines is 3. The maximum Gasteiger partial charge on any atom is 0.254 e. The number of aryl methyl sites for hydroxylation is 2. The van der Waals surface area contributed by atoms with Crippen molar-refractivity contribution in [3.05, 3.63) is 88.0 Å². The molecule has 10 nitrogen and oxygen atoms in total. The molecule has 2 N–H and O–H groups in total. The molecule has 0 saturated carbocycles. The molecule has 0 spiro atoms. The van der Waals surface area contributed by atoms with Gasteiger partial charge in [0.15, 0.2) is 5.82 Å². The summed E-state index contributed by atoms with van der Waals surface area (Å²) in [7, 11) is 0. The van der Waals surface area contributed by atoms with Crippen LogP contribution in [0, 0.1) is 32.1 Å². The molecule has 1 fully saturated rings. The molecule has 0 unspecified atom stereocenters.